The maximum absolute atomic E-state index is 13.4. The van der Waals surface area contributed by atoms with E-state index in [-0.39, 0.29) is 35.4 Å². The number of ether oxygens (including phenoxy) is 1. The number of sulfonamides is 1. The van der Waals surface area contributed by atoms with Crippen LogP contribution in [0.2, 0.25) is 0 Å². The molecule has 2 aromatic carbocycles. The number of aryl methyl sites for hydroxylation is 2. The molecule has 1 amide bonds. The van der Waals surface area contributed by atoms with Gasteiger partial charge in [0, 0.05) is 13.0 Å². The van der Waals surface area contributed by atoms with E-state index < -0.39 is 15.8 Å². The van der Waals surface area contributed by atoms with E-state index in [2.05, 4.69) is 14.9 Å². The van der Waals surface area contributed by atoms with Gasteiger partial charge in [-0.15, -0.1) is 0 Å². The third-order valence-electron chi connectivity index (χ3n) is 4.44. The van der Waals surface area contributed by atoms with Gasteiger partial charge >= 0.3 is 0 Å². The Kier molecular flexibility index (Phi) is 4.90. The maximum Gasteiger partial charge on any atom is 0.265 e. The fourth-order valence-corrected chi connectivity index (χ4v) is 4.40. The third kappa shape index (κ3) is 3.83. The highest BCUT2D eigenvalue weighted by atomic mass is 32.2. The third-order valence-corrected chi connectivity index (χ3v) is 5.96. The second kappa shape index (κ2) is 7.41. The minimum atomic E-state index is -4.02. The molecule has 1 aromatic heterocycles. The second-order valence-corrected chi connectivity index (χ2v) is 8.35. The van der Waals surface area contributed by atoms with Gasteiger partial charge in [-0.1, -0.05) is 11.2 Å². The summed E-state index contributed by atoms with van der Waals surface area (Å²) in [6.07, 6.45) is 0. The number of rotatable bonds is 5. The van der Waals surface area contributed by atoms with E-state index in [0.717, 1.165) is 6.07 Å². The highest BCUT2D eigenvalue weighted by Gasteiger charge is 2.30. The van der Waals surface area contributed by atoms with Crippen molar-refractivity contribution in [1.29, 1.82) is 0 Å². The van der Waals surface area contributed by atoms with Gasteiger partial charge in [0.1, 0.15) is 11.6 Å². The Hall–Kier alpha value is -3.47. The monoisotopic (exact) mass is 432 g/mol. The molecular formula is C19H17FN4O5S. The summed E-state index contributed by atoms with van der Waals surface area (Å²) in [4.78, 5) is 17.8. The first-order valence-corrected chi connectivity index (χ1v) is 10.4. The van der Waals surface area contributed by atoms with Gasteiger partial charge < -0.3 is 9.26 Å². The van der Waals surface area contributed by atoms with Crippen LogP contribution in [0.25, 0.3) is 0 Å². The van der Waals surface area contributed by atoms with Crippen molar-refractivity contribution in [3.63, 3.8) is 0 Å². The summed E-state index contributed by atoms with van der Waals surface area (Å²) in [6, 6.07) is 8.02. The molecule has 1 aliphatic heterocycles. The minimum Gasteiger partial charge on any atom is -0.482 e. The Morgan fingerprint density at radius 2 is 2.03 bits per heavy atom. The summed E-state index contributed by atoms with van der Waals surface area (Å²) in [6.45, 7) is 3.03. The van der Waals surface area contributed by atoms with Crippen LogP contribution in [0.15, 0.2) is 45.8 Å². The van der Waals surface area contributed by atoms with Gasteiger partial charge in [0.2, 0.25) is 5.89 Å². The number of hydrogen-bond acceptors (Lipinski definition) is 7. The van der Waals surface area contributed by atoms with Gasteiger partial charge in [-0.2, -0.15) is 4.98 Å². The van der Waals surface area contributed by atoms with Crippen molar-refractivity contribution in [2.75, 3.05) is 16.2 Å². The SMILES string of the molecule is Cc1nc(CN2C(=O)COc3cc(S(=O)(=O)Nc4cccc(F)c4)c(C)cc32)no1. The molecule has 3 aromatic rings. The summed E-state index contributed by atoms with van der Waals surface area (Å²) in [5, 5.41) is 3.79. The average Bonchev–Trinajstić information content (AvgIpc) is 3.08. The lowest BCUT2D eigenvalue weighted by atomic mass is 10.1. The number of halogens is 1. The van der Waals surface area contributed by atoms with Crippen LogP contribution in [0.5, 0.6) is 5.75 Å². The molecule has 30 heavy (non-hydrogen) atoms. The van der Waals surface area contributed by atoms with Gasteiger partial charge in [0.15, 0.2) is 12.4 Å². The minimum absolute atomic E-state index is 0.0461. The molecule has 1 N–H and O–H groups in total. The first-order chi connectivity index (χ1) is 14.2. The zero-order valence-corrected chi connectivity index (χ0v) is 16.9. The van der Waals surface area contributed by atoms with Crippen LogP contribution in [0.3, 0.4) is 0 Å². The predicted octanol–water partition coefficient (Wildman–Crippen LogP) is 2.55. The highest BCUT2D eigenvalue weighted by Crippen LogP contribution is 2.37. The lowest BCUT2D eigenvalue weighted by Gasteiger charge is -2.29. The first kappa shape index (κ1) is 19.8. The molecule has 0 saturated carbocycles. The van der Waals surface area contributed by atoms with Gasteiger partial charge in [-0.3, -0.25) is 14.4 Å². The fourth-order valence-electron chi connectivity index (χ4n) is 3.10. The summed E-state index contributed by atoms with van der Waals surface area (Å²) in [5.74, 6) is 0.0206. The number of nitrogens with one attached hydrogen (secondary N) is 1. The number of amides is 1. The fraction of sp³-hybridized carbons (Fsp3) is 0.211. The lowest BCUT2D eigenvalue weighted by Crippen LogP contribution is -2.38. The van der Waals surface area contributed by atoms with Gasteiger partial charge in [-0.25, -0.2) is 12.8 Å². The topological polar surface area (TPSA) is 115 Å². The van der Waals surface area contributed by atoms with Crippen LogP contribution >= 0.6 is 0 Å². The summed E-state index contributed by atoms with van der Waals surface area (Å²) in [5.41, 5.74) is 0.874. The molecule has 0 radical (unpaired) electrons. The smallest absolute Gasteiger partial charge is 0.265 e. The Balaban J connectivity index is 1.69. The first-order valence-electron chi connectivity index (χ1n) is 8.88. The number of aromatic nitrogens is 2. The molecule has 0 unspecified atom stereocenters. The van der Waals surface area contributed by atoms with E-state index in [4.69, 9.17) is 9.26 Å². The molecule has 2 heterocycles. The van der Waals surface area contributed by atoms with Crippen LogP contribution in [0.4, 0.5) is 15.8 Å². The highest BCUT2D eigenvalue weighted by molar-refractivity contribution is 7.92. The lowest BCUT2D eigenvalue weighted by molar-refractivity contribution is -0.121. The standard InChI is InChI=1S/C19H17FN4O5S/c1-11-6-15-16(28-10-19(25)24(15)9-18-21-12(2)29-22-18)8-17(11)30(26,27)23-14-5-3-4-13(20)7-14/h3-8,23H,9-10H2,1-2H3. The number of anilines is 2. The van der Waals surface area contributed by atoms with Crippen molar-refractivity contribution in [1.82, 2.24) is 10.1 Å². The van der Waals surface area contributed by atoms with E-state index in [1.807, 2.05) is 0 Å². The van der Waals surface area contributed by atoms with Crippen LogP contribution in [-0.4, -0.2) is 31.1 Å². The molecule has 0 atom stereocenters. The van der Waals surface area contributed by atoms with Crippen molar-refractivity contribution < 1.29 is 26.9 Å². The molecule has 0 bridgehead atoms. The van der Waals surface area contributed by atoms with Gasteiger partial charge in [0.05, 0.1) is 22.8 Å². The van der Waals surface area contributed by atoms with Gasteiger partial charge in [0.25, 0.3) is 15.9 Å². The Morgan fingerprint density at radius 3 is 2.73 bits per heavy atom. The molecule has 0 fully saturated rings. The molecule has 0 aliphatic carbocycles. The van der Waals surface area contributed by atoms with E-state index in [1.165, 1.54) is 29.2 Å². The van der Waals surface area contributed by atoms with Crippen LogP contribution in [0, 0.1) is 19.7 Å². The van der Waals surface area contributed by atoms with Crippen molar-refractivity contribution >= 4 is 27.3 Å². The number of carbonyl (C=O) groups is 1. The Bertz CT molecular complexity index is 1240. The molecule has 9 nitrogen and oxygen atoms in total. The Morgan fingerprint density at radius 1 is 1.23 bits per heavy atom. The number of benzene rings is 2. The predicted molar refractivity (Wildman–Crippen MR) is 104 cm³/mol. The van der Waals surface area contributed by atoms with Crippen molar-refractivity contribution in [3.8, 4) is 5.75 Å². The molecule has 11 heteroatoms. The van der Waals surface area contributed by atoms with Crippen molar-refractivity contribution in [2.45, 2.75) is 25.3 Å². The summed E-state index contributed by atoms with van der Waals surface area (Å²) >= 11 is 0. The van der Waals surface area contributed by atoms with E-state index >= 15 is 0 Å². The van der Waals surface area contributed by atoms with Crippen molar-refractivity contribution in [2.24, 2.45) is 0 Å². The Labute approximate surface area is 171 Å². The van der Waals surface area contributed by atoms with Crippen LogP contribution in [-0.2, 0) is 21.4 Å². The van der Waals surface area contributed by atoms with Crippen molar-refractivity contribution in [3.05, 3.63) is 59.5 Å². The van der Waals surface area contributed by atoms with Crippen LogP contribution < -0.4 is 14.4 Å². The molecule has 156 valence electrons. The zero-order chi connectivity index (χ0) is 21.5. The number of nitrogens with zero attached hydrogens (tertiary/aromatic N) is 3. The zero-order valence-electron chi connectivity index (χ0n) is 16.0. The molecule has 4 rings (SSSR count). The van der Waals surface area contributed by atoms with Crippen LogP contribution in [0.1, 0.15) is 17.3 Å². The quantitative estimate of drug-likeness (QED) is 0.659. The van der Waals surface area contributed by atoms with E-state index in [9.17, 15) is 17.6 Å². The normalized spacial score (nSPS) is 13.7. The average molecular weight is 432 g/mol. The van der Waals surface area contributed by atoms with Gasteiger partial charge in [-0.05, 0) is 36.8 Å². The largest absolute Gasteiger partial charge is 0.482 e. The van der Waals surface area contributed by atoms with E-state index in [0.29, 0.717) is 23.0 Å². The van der Waals surface area contributed by atoms with E-state index in [1.54, 1.807) is 19.9 Å². The molecule has 0 spiro atoms. The summed E-state index contributed by atoms with van der Waals surface area (Å²) < 4.78 is 51.9. The molecular weight excluding hydrogens is 415 g/mol. The number of carbonyl (C=O) groups excluding carboxylic acids is 1. The number of fused-ring (bicyclic) bond motifs is 1. The molecule has 1 aliphatic rings. The second-order valence-electron chi connectivity index (χ2n) is 6.70. The number of hydrogen-bond donors (Lipinski definition) is 1. The summed E-state index contributed by atoms with van der Waals surface area (Å²) in [7, 11) is -4.02. The molecule has 0 saturated heterocycles. The maximum atomic E-state index is 13.4.